The van der Waals surface area contributed by atoms with Gasteiger partial charge in [-0.3, -0.25) is 9.20 Å². The van der Waals surface area contributed by atoms with Gasteiger partial charge in [0.1, 0.15) is 0 Å². The molecule has 2 aromatic rings. The molecule has 0 aromatic carbocycles. The van der Waals surface area contributed by atoms with Gasteiger partial charge in [0.25, 0.3) is 0 Å². The first-order chi connectivity index (χ1) is 11.2. The van der Waals surface area contributed by atoms with Crippen LogP contribution in [-0.2, 0) is 4.79 Å². The zero-order valence-electron chi connectivity index (χ0n) is 14.2. The number of halogens is 2. The number of pyridine rings is 1. The van der Waals surface area contributed by atoms with Crippen molar-refractivity contribution in [3.05, 3.63) is 30.2 Å². The summed E-state index contributed by atoms with van der Waals surface area (Å²) in [6, 6.07) is 6.09. The average Bonchev–Trinajstić information content (AvgIpc) is 3.18. The Labute approximate surface area is 160 Å². The number of nitrogens with zero attached hydrogens (tertiary/aromatic N) is 3. The van der Waals surface area contributed by atoms with E-state index in [0.29, 0.717) is 12.0 Å². The van der Waals surface area contributed by atoms with Gasteiger partial charge >= 0.3 is 0 Å². The first-order valence-electron chi connectivity index (χ1n) is 8.58. The van der Waals surface area contributed by atoms with Crippen molar-refractivity contribution in [1.82, 2.24) is 25.2 Å². The Bertz CT molecular complexity index is 708. The number of nitrogens with one attached hydrogen (secondary N) is 2. The van der Waals surface area contributed by atoms with Crippen molar-refractivity contribution < 1.29 is 4.79 Å². The predicted octanol–water partition coefficient (Wildman–Crippen LogP) is 2.67. The molecule has 8 heteroatoms. The van der Waals surface area contributed by atoms with Gasteiger partial charge in [0.2, 0.25) is 5.91 Å². The fourth-order valence-electron chi connectivity index (χ4n) is 4.05. The van der Waals surface area contributed by atoms with Crippen molar-refractivity contribution in [2.75, 3.05) is 0 Å². The molecule has 1 aliphatic heterocycles. The van der Waals surface area contributed by atoms with Crippen molar-refractivity contribution in [2.45, 2.75) is 57.2 Å². The highest BCUT2D eigenvalue weighted by Crippen LogP contribution is 2.33. The van der Waals surface area contributed by atoms with E-state index in [4.69, 9.17) is 0 Å². The van der Waals surface area contributed by atoms with Gasteiger partial charge in [0, 0.05) is 12.2 Å². The number of hydrogen-bond acceptors (Lipinski definition) is 4. The van der Waals surface area contributed by atoms with Crippen LogP contribution in [0.4, 0.5) is 0 Å². The van der Waals surface area contributed by atoms with E-state index >= 15 is 0 Å². The van der Waals surface area contributed by atoms with Crippen molar-refractivity contribution in [3.63, 3.8) is 0 Å². The van der Waals surface area contributed by atoms with Gasteiger partial charge in [-0.05, 0) is 44.2 Å². The first kappa shape index (κ1) is 19.9. The minimum Gasteiger partial charge on any atom is -0.345 e. The molecule has 138 valence electrons. The summed E-state index contributed by atoms with van der Waals surface area (Å²) in [6.07, 6.45) is 7.94. The van der Waals surface area contributed by atoms with Crippen LogP contribution in [0.5, 0.6) is 0 Å². The molecule has 4 unspecified atom stereocenters. The predicted molar refractivity (Wildman–Crippen MR) is 101 cm³/mol. The van der Waals surface area contributed by atoms with E-state index < -0.39 is 0 Å². The highest BCUT2D eigenvalue weighted by Gasteiger charge is 2.38. The Hall–Kier alpha value is -1.37. The normalized spacial score (nSPS) is 26.2. The van der Waals surface area contributed by atoms with Crippen LogP contribution in [0.25, 0.3) is 5.65 Å². The molecule has 4 rings (SSSR count). The van der Waals surface area contributed by atoms with Gasteiger partial charge in [-0.2, -0.15) is 0 Å². The highest BCUT2D eigenvalue weighted by atomic mass is 35.5. The summed E-state index contributed by atoms with van der Waals surface area (Å²) in [5.74, 6) is 1.52. The lowest BCUT2D eigenvalue weighted by molar-refractivity contribution is -0.123. The molecule has 2 aliphatic rings. The van der Waals surface area contributed by atoms with Crippen LogP contribution >= 0.6 is 24.8 Å². The molecule has 2 N–H and O–H groups in total. The van der Waals surface area contributed by atoms with Gasteiger partial charge < -0.3 is 10.6 Å². The molecule has 0 radical (unpaired) electrons. The summed E-state index contributed by atoms with van der Waals surface area (Å²) in [4.78, 5) is 12.6. The number of rotatable bonds is 3. The summed E-state index contributed by atoms with van der Waals surface area (Å²) in [5.41, 5.74) is 0.800. The molecule has 1 saturated heterocycles. The van der Waals surface area contributed by atoms with E-state index in [1.165, 1.54) is 25.7 Å². The molecule has 2 fully saturated rings. The van der Waals surface area contributed by atoms with E-state index in [1.54, 1.807) is 0 Å². The molecule has 2 aromatic heterocycles. The zero-order chi connectivity index (χ0) is 15.8. The van der Waals surface area contributed by atoms with E-state index in [1.807, 2.05) is 35.7 Å². The molecule has 3 heterocycles. The van der Waals surface area contributed by atoms with Crippen LogP contribution in [0.15, 0.2) is 24.4 Å². The SMILES string of the molecule is CC(NC(=O)C1CC2CCCCC2N1)c1nnc2ccccn12.Cl.Cl. The molecule has 6 nitrogen and oxygen atoms in total. The van der Waals surface area contributed by atoms with Crippen LogP contribution in [0.2, 0.25) is 0 Å². The Morgan fingerprint density at radius 2 is 2.08 bits per heavy atom. The summed E-state index contributed by atoms with van der Waals surface area (Å²) in [6.45, 7) is 1.96. The molecule has 25 heavy (non-hydrogen) atoms. The highest BCUT2D eigenvalue weighted by molar-refractivity contribution is 5.85. The van der Waals surface area contributed by atoms with Crippen LogP contribution in [0.1, 0.15) is 50.9 Å². The quantitative estimate of drug-likeness (QED) is 0.851. The van der Waals surface area contributed by atoms with Gasteiger partial charge in [0.05, 0.1) is 12.1 Å². The van der Waals surface area contributed by atoms with E-state index in [-0.39, 0.29) is 42.8 Å². The lowest BCUT2D eigenvalue weighted by Gasteiger charge is -2.24. The maximum absolute atomic E-state index is 12.6. The first-order valence-corrected chi connectivity index (χ1v) is 8.58. The molecule has 0 bridgehead atoms. The molecule has 1 saturated carbocycles. The topological polar surface area (TPSA) is 71.3 Å². The second kappa shape index (κ2) is 8.34. The molecular weight excluding hydrogens is 361 g/mol. The molecule has 4 atom stereocenters. The molecule has 0 spiro atoms. The third-order valence-corrected chi connectivity index (χ3v) is 5.27. The Morgan fingerprint density at radius 1 is 1.28 bits per heavy atom. The lowest BCUT2D eigenvalue weighted by Crippen LogP contribution is -2.44. The number of amides is 1. The van der Waals surface area contributed by atoms with Crippen LogP contribution in [0, 0.1) is 5.92 Å². The third-order valence-electron chi connectivity index (χ3n) is 5.27. The smallest absolute Gasteiger partial charge is 0.237 e. The van der Waals surface area contributed by atoms with Crippen molar-refractivity contribution in [2.24, 2.45) is 5.92 Å². The fraction of sp³-hybridized carbons (Fsp3) is 0.588. The third kappa shape index (κ3) is 3.91. The van der Waals surface area contributed by atoms with Gasteiger partial charge in [-0.25, -0.2) is 0 Å². The van der Waals surface area contributed by atoms with Gasteiger partial charge in [0.15, 0.2) is 11.5 Å². The summed E-state index contributed by atoms with van der Waals surface area (Å²) in [7, 11) is 0. The summed E-state index contributed by atoms with van der Waals surface area (Å²) < 4.78 is 1.92. The lowest BCUT2D eigenvalue weighted by atomic mass is 9.85. The Morgan fingerprint density at radius 3 is 2.88 bits per heavy atom. The van der Waals surface area contributed by atoms with Crippen molar-refractivity contribution >= 4 is 36.4 Å². The van der Waals surface area contributed by atoms with Gasteiger partial charge in [-0.1, -0.05) is 18.9 Å². The van der Waals surface area contributed by atoms with Crippen LogP contribution in [0.3, 0.4) is 0 Å². The average molecular weight is 386 g/mol. The minimum atomic E-state index is -0.163. The number of fused-ring (bicyclic) bond motifs is 2. The number of carbonyl (C=O) groups is 1. The maximum atomic E-state index is 12.6. The Kier molecular flexibility index (Phi) is 6.65. The monoisotopic (exact) mass is 385 g/mol. The van der Waals surface area contributed by atoms with E-state index in [0.717, 1.165) is 17.9 Å². The van der Waals surface area contributed by atoms with Crippen LogP contribution in [-0.4, -0.2) is 32.6 Å². The fourth-order valence-corrected chi connectivity index (χ4v) is 4.05. The summed E-state index contributed by atoms with van der Waals surface area (Å²) in [5, 5.41) is 15.0. The largest absolute Gasteiger partial charge is 0.345 e. The maximum Gasteiger partial charge on any atom is 0.237 e. The second-order valence-corrected chi connectivity index (χ2v) is 6.82. The van der Waals surface area contributed by atoms with Gasteiger partial charge in [-0.15, -0.1) is 35.0 Å². The number of hydrogen-bond donors (Lipinski definition) is 2. The van der Waals surface area contributed by atoms with Crippen LogP contribution < -0.4 is 10.6 Å². The molecular formula is C17H25Cl2N5O. The Balaban J connectivity index is 0.00000113. The summed E-state index contributed by atoms with van der Waals surface area (Å²) >= 11 is 0. The molecule has 1 aliphatic carbocycles. The molecule has 1 amide bonds. The second-order valence-electron chi connectivity index (χ2n) is 6.82. The minimum absolute atomic E-state index is 0. The number of aromatic nitrogens is 3. The number of carbonyl (C=O) groups excluding carboxylic acids is 1. The van der Waals surface area contributed by atoms with Crippen molar-refractivity contribution in [1.29, 1.82) is 0 Å². The standard InChI is InChI=1S/C17H23N5O.2ClH/c1-11(16-21-20-15-8-4-5-9-22(15)16)18-17(23)14-10-12-6-2-3-7-13(12)19-14;;/h4-5,8-9,11-14,19H,2-3,6-7,10H2,1H3,(H,18,23);2*1H. The van der Waals surface area contributed by atoms with E-state index in [9.17, 15) is 4.79 Å². The van der Waals surface area contributed by atoms with Crippen molar-refractivity contribution in [3.8, 4) is 0 Å². The zero-order valence-corrected chi connectivity index (χ0v) is 15.9. The van der Waals surface area contributed by atoms with E-state index in [2.05, 4.69) is 20.8 Å².